The van der Waals surface area contributed by atoms with Gasteiger partial charge in [-0.1, -0.05) is 23.2 Å². The number of amides is 1. The minimum Gasteiger partial charge on any atom is -0.493 e. The summed E-state index contributed by atoms with van der Waals surface area (Å²) >= 11 is 12.2. The summed E-state index contributed by atoms with van der Waals surface area (Å²) in [7, 11) is 2.13. The number of benzene rings is 2. The second kappa shape index (κ2) is 10.1. The van der Waals surface area contributed by atoms with E-state index in [0.29, 0.717) is 23.3 Å². The van der Waals surface area contributed by atoms with Crippen LogP contribution in [0.3, 0.4) is 0 Å². The number of halogens is 2. The minimum absolute atomic E-state index is 0.0734. The second-order valence-electron chi connectivity index (χ2n) is 7.40. The smallest absolute Gasteiger partial charge is 0.271 e. The first-order valence-electron chi connectivity index (χ1n) is 9.69. The molecule has 1 saturated heterocycles. The Morgan fingerprint density at radius 2 is 1.97 bits per heavy atom. The molecule has 0 saturated carbocycles. The normalized spacial score (nSPS) is 15.0. The molecule has 0 atom stereocenters. The van der Waals surface area contributed by atoms with Crippen LogP contribution < -0.4 is 10.1 Å². The summed E-state index contributed by atoms with van der Waals surface area (Å²) in [4.78, 5) is 25.4. The van der Waals surface area contributed by atoms with Crippen LogP contribution in [0.4, 0.5) is 11.4 Å². The zero-order valence-electron chi connectivity index (χ0n) is 16.6. The quantitative estimate of drug-likeness (QED) is 0.457. The second-order valence-corrected chi connectivity index (χ2v) is 8.24. The zero-order chi connectivity index (χ0) is 21.7. The van der Waals surface area contributed by atoms with Gasteiger partial charge in [-0.3, -0.25) is 14.9 Å². The van der Waals surface area contributed by atoms with Gasteiger partial charge in [0.2, 0.25) is 0 Å². The topological polar surface area (TPSA) is 84.7 Å². The monoisotopic (exact) mass is 451 g/mol. The molecule has 1 aliphatic heterocycles. The van der Waals surface area contributed by atoms with Crippen LogP contribution in [0.25, 0.3) is 0 Å². The van der Waals surface area contributed by atoms with Crippen molar-refractivity contribution in [3.05, 3.63) is 62.1 Å². The number of non-ortho nitro benzene ring substituents is 1. The number of piperidine rings is 1. The highest BCUT2D eigenvalue weighted by Gasteiger charge is 2.19. The van der Waals surface area contributed by atoms with Gasteiger partial charge < -0.3 is 15.0 Å². The molecule has 1 fully saturated rings. The summed E-state index contributed by atoms with van der Waals surface area (Å²) in [6.07, 6.45) is 3.21. The molecule has 2 aromatic carbocycles. The van der Waals surface area contributed by atoms with Crippen molar-refractivity contribution in [2.45, 2.75) is 19.3 Å². The predicted octanol–water partition coefficient (Wildman–Crippen LogP) is 5.26. The molecule has 1 amide bonds. The highest BCUT2D eigenvalue weighted by Crippen LogP contribution is 2.29. The lowest BCUT2D eigenvalue weighted by molar-refractivity contribution is -0.384. The van der Waals surface area contributed by atoms with Crippen LogP contribution in [0, 0.1) is 16.0 Å². The van der Waals surface area contributed by atoms with Crippen LogP contribution in [0.5, 0.6) is 5.75 Å². The fourth-order valence-electron chi connectivity index (χ4n) is 3.40. The lowest BCUT2D eigenvalue weighted by Crippen LogP contribution is -2.30. The molecule has 3 rings (SSSR count). The van der Waals surface area contributed by atoms with Crippen LogP contribution in [-0.4, -0.2) is 42.5 Å². The van der Waals surface area contributed by atoms with Crippen LogP contribution >= 0.6 is 23.2 Å². The van der Waals surface area contributed by atoms with Crippen LogP contribution in [0.15, 0.2) is 36.4 Å². The third-order valence-electron chi connectivity index (χ3n) is 5.22. The molecule has 0 radical (unpaired) electrons. The fraction of sp³-hybridized carbons (Fsp3) is 0.381. The summed E-state index contributed by atoms with van der Waals surface area (Å²) in [6, 6.07) is 8.72. The zero-order valence-corrected chi connectivity index (χ0v) is 18.1. The summed E-state index contributed by atoms with van der Waals surface area (Å²) in [5.74, 6) is 0.593. The average Bonchev–Trinajstić information content (AvgIpc) is 2.71. The van der Waals surface area contributed by atoms with Gasteiger partial charge in [-0.25, -0.2) is 0 Å². The number of nitrogens with one attached hydrogen (secondary N) is 1. The van der Waals surface area contributed by atoms with Gasteiger partial charge in [-0.15, -0.1) is 0 Å². The Bertz CT molecular complexity index is 930. The van der Waals surface area contributed by atoms with E-state index in [1.807, 2.05) is 0 Å². The lowest BCUT2D eigenvalue weighted by atomic mass is 9.94. The Morgan fingerprint density at radius 1 is 1.23 bits per heavy atom. The molecule has 1 N–H and O–H groups in total. The van der Waals surface area contributed by atoms with Crippen molar-refractivity contribution in [2.75, 3.05) is 32.1 Å². The van der Waals surface area contributed by atoms with Gasteiger partial charge in [0.15, 0.2) is 0 Å². The van der Waals surface area contributed by atoms with E-state index in [-0.39, 0.29) is 22.0 Å². The molecule has 0 aromatic heterocycles. The van der Waals surface area contributed by atoms with E-state index in [2.05, 4.69) is 17.3 Å². The van der Waals surface area contributed by atoms with E-state index in [9.17, 15) is 14.9 Å². The molecular formula is C21H23Cl2N3O4. The molecule has 0 spiro atoms. The van der Waals surface area contributed by atoms with E-state index in [0.717, 1.165) is 32.4 Å². The summed E-state index contributed by atoms with van der Waals surface area (Å²) < 4.78 is 5.91. The molecule has 160 valence electrons. The minimum atomic E-state index is -0.551. The molecular weight excluding hydrogens is 429 g/mol. The molecule has 1 aliphatic rings. The number of hydrogen-bond donors (Lipinski definition) is 1. The SMILES string of the molecule is CN1CCC(CCOc2ccc(Cl)cc2C(=O)Nc2ccc([N+](=O)[O-])cc2Cl)CC1. The number of carbonyl (C=O) groups is 1. The Labute approximate surface area is 185 Å². The Morgan fingerprint density at radius 3 is 2.63 bits per heavy atom. The van der Waals surface area contributed by atoms with E-state index >= 15 is 0 Å². The Balaban J connectivity index is 1.67. The summed E-state index contributed by atoms with van der Waals surface area (Å²) in [5.41, 5.74) is 0.392. The van der Waals surface area contributed by atoms with Gasteiger partial charge >= 0.3 is 0 Å². The van der Waals surface area contributed by atoms with Gasteiger partial charge in [0, 0.05) is 17.2 Å². The van der Waals surface area contributed by atoms with Crippen molar-refractivity contribution in [1.29, 1.82) is 0 Å². The molecule has 2 aromatic rings. The lowest BCUT2D eigenvalue weighted by Gasteiger charge is -2.28. The summed E-state index contributed by atoms with van der Waals surface area (Å²) in [5, 5.41) is 14.0. The molecule has 7 nitrogen and oxygen atoms in total. The van der Waals surface area contributed by atoms with E-state index in [1.165, 1.54) is 24.3 Å². The van der Waals surface area contributed by atoms with Crippen LogP contribution in [0.1, 0.15) is 29.6 Å². The largest absolute Gasteiger partial charge is 0.493 e. The number of anilines is 1. The van der Waals surface area contributed by atoms with Gasteiger partial charge in [0.1, 0.15) is 5.75 Å². The maximum Gasteiger partial charge on any atom is 0.271 e. The van der Waals surface area contributed by atoms with Crippen molar-refractivity contribution in [3.8, 4) is 5.75 Å². The number of nitro benzene ring substituents is 1. The summed E-state index contributed by atoms with van der Waals surface area (Å²) in [6.45, 7) is 2.69. The van der Waals surface area contributed by atoms with Gasteiger partial charge in [-0.05, 0) is 69.6 Å². The third-order valence-corrected chi connectivity index (χ3v) is 5.77. The molecule has 0 aliphatic carbocycles. The van der Waals surface area contributed by atoms with Crippen molar-refractivity contribution in [1.82, 2.24) is 4.90 Å². The molecule has 0 bridgehead atoms. The van der Waals surface area contributed by atoms with Crippen molar-refractivity contribution < 1.29 is 14.5 Å². The third kappa shape index (κ3) is 5.84. The van der Waals surface area contributed by atoms with Crippen molar-refractivity contribution in [3.63, 3.8) is 0 Å². The van der Waals surface area contributed by atoms with Crippen LogP contribution in [0.2, 0.25) is 10.0 Å². The first-order valence-corrected chi connectivity index (χ1v) is 10.5. The highest BCUT2D eigenvalue weighted by molar-refractivity contribution is 6.34. The van der Waals surface area contributed by atoms with E-state index in [1.54, 1.807) is 12.1 Å². The number of rotatable bonds is 7. The maximum absolute atomic E-state index is 12.8. The standard InChI is InChI=1S/C21H23Cl2N3O4/c1-25-9-6-14(7-10-25)8-11-30-20-5-2-15(22)12-17(20)21(27)24-19-4-3-16(26(28)29)13-18(19)23/h2-5,12-14H,6-11H2,1H3,(H,24,27). The number of likely N-dealkylation sites (tertiary alicyclic amines) is 1. The maximum atomic E-state index is 12.8. The highest BCUT2D eigenvalue weighted by atomic mass is 35.5. The number of nitro groups is 1. The molecule has 1 heterocycles. The average molecular weight is 452 g/mol. The number of carbonyl (C=O) groups excluding carboxylic acids is 1. The van der Waals surface area contributed by atoms with E-state index < -0.39 is 10.8 Å². The number of nitrogens with zero attached hydrogens (tertiary/aromatic N) is 2. The number of ether oxygens (including phenoxy) is 1. The van der Waals surface area contributed by atoms with Crippen molar-refractivity contribution >= 4 is 40.5 Å². The molecule has 0 unspecified atom stereocenters. The Kier molecular flexibility index (Phi) is 7.53. The van der Waals surface area contributed by atoms with Gasteiger partial charge in [0.05, 0.1) is 27.8 Å². The van der Waals surface area contributed by atoms with Crippen molar-refractivity contribution in [2.24, 2.45) is 5.92 Å². The van der Waals surface area contributed by atoms with Gasteiger partial charge in [-0.2, -0.15) is 0 Å². The first kappa shape index (κ1) is 22.3. The first-order chi connectivity index (χ1) is 14.3. The molecule has 30 heavy (non-hydrogen) atoms. The molecule has 9 heteroatoms. The van der Waals surface area contributed by atoms with E-state index in [4.69, 9.17) is 27.9 Å². The predicted molar refractivity (Wildman–Crippen MR) is 118 cm³/mol. The number of hydrogen-bond acceptors (Lipinski definition) is 5. The Hall–Kier alpha value is -2.35. The van der Waals surface area contributed by atoms with Gasteiger partial charge in [0.25, 0.3) is 11.6 Å². The fourth-order valence-corrected chi connectivity index (χ4v) is 3.79. The van der Waals surface area contributed by atoms with Crippen LogP contribution in [-0.2, 0) is 0 Å².